The Balaban J connectivity index is 2.08. The number of ketones is 1. The van der Waals surface area contributed by atoms with Crippen LogP contribution in [0.2, 0.25) is 0 Å². The normalized spacial score (nSPS) is 10.7. The first kappa shape index (κ1) is 17.0. The van der Waals surface area contributed by atoms with Gasteiger partial charge in [-0.2, -0.15) is 0 Å². The van der Waals surface area contributed by atoms with E-state index in [0.29, 0.717) is 23.6 Å². The molecule has 1 heterocycles. The Hall–Kier alpha value is -2.34. The summed E-state index contributed by atoms with van der Waals surface area (Å²) in [7, 11) is 1.56. The molecule has 0 radical (unpaired) electrons. The van der Waals surface area contributed by atoms with Crippen molar-refractivity contribution in [2.75, 3.05) is 13.7 Å². The number of rotatable bonds is 9. The molecule has 0 saturated heterocycles. The van der Waals surface area contributed by atoms with Crippen LogP contribution in [-0.4, -0.2) is 29.5 Å². The molecule has 6 heteroatoms. The predicted molar refractivity (Wildman–Crippen MR) is 87.0 cm³/mol. The van der Waals surface area contributed by atoms with E-state index in [1.807, 2.05) is 0 Å². The molecule has 0 spiro atoms. The second kappa shape index (κ2) is 8.33. The Morgan fingerprint density at radius 1 is 1.13 bits per heavy atom. The fraction of sp³-hybridized carbons (Fsp3) is 0.412. The van der Waals surface area contributed by atoms with E-state index in [1.165, 1.54) is 0 Å². The Morgan fingerprint density at radius 3 is 2.52 bits per heavy atom. The topological polar surface area (TPSA) is 84.2 Å². The number of imidazole rings is 1. The van der Waals surface area contributed by atoms with Gasteiger partial charge >= 0.3 is 5.69 Å². The molecule has 2 N–H and O–H groups in total. The second-order valence-corrected chi connectivity index (χ2v) is 5.25. The largest absolute Gasteiger partial charge is 0.497 e. The van der Waals surface area contributed by atoms with Crippen molar-refractivity contribution in [3.63, 3.8) is 0 Å². The SMILES string of the molecule is CCCCCOCc1[nH]c(=O)[nH]c1C(=O)c1ccc(OC)cc1. The van der Waals surface area contributed by atoms with Crippen molar-refractivity contribution in [3.05, 3.63) is 51.7 Å². The maximum atomic E-state index is 12.5. The van der Waals surface area contributed by atoms with Gasteiger partial charge in [0.15, 0.2) is 0 Å². The van der Waals surface area contributed by atoms with Gasteiger partial charge < -0.3 is 19.4 Å². The highest BCUT2D eigenvalue weighted by Gasteiger charge is 2.17. The number of H-pyrrole nitrogens is 2. The molecule has 1 aromatic heterocycles. The van der Waals surface area contributed by atoms with Gasteiger partial charge in [-0.05, 0) is 30.7 Å². The van der Waals surface area contributed by atoms with E-state index < -0.39 is 5.69 Å². The fourth-order valence-corrected chi connectivity index (χ4v) is 2.24. The third-order valence-corrected chi connectivity index (χ3v) is 3.52. The number of benzene rings is 1. The maximum Gasteiger partial charge on any atom is 0.323 e. The lowest BCUT2D eigenvalue weighted by molar-refractivity contribution is 0.100. The number of hydrogen-bond acceptors (Lipinski definition) is 4. The van der Waals surface area contributed by atoms with E-state index in [-0.39, 0.29) is 18.1 Å². The first-order valence-electron chi connectivity index (χ1n) is 7.73. The van der Waals surface area contributed by atoms with Crippen molar-refractivity contribution in [2.24, 2.45) is 0 Å². The summed E-state index contributed by atoms with van der Waals surface area (Å²) in [5.74, 6) is 0.418. The monoisotopic (exact) mass is 318 g/mol. The highest BCUT2D eigenvalue weighted by atomic mass is 16.5. The number of carbonyl (C=O) groups is 1. The van der Waals surface area contributed by atoms with E-state index in [1.54, 1.807) is 31.4 Å². The zero-order chi connectivity index (χ0) is 16.7. The number of carbonyl (C=O) groups excluding carboxylic acids is 1. The first-order chi connectivity index (χ1) is 11.2. The van der Waals surface area contributed by atoms with Crippen molar-refractivity contribution >= 4 is 5.78 Å². The standard InChI is InChI=1S/C17H22N2O4/c1-3-4-5-10-23-11-14-15(19-17(21)18-14)16(20)12-6-8-13(22-2)9-7-12/h6-9H,3-5,10-11H2,1-2H3,(H2,18,19,21). The first-order valence-corrected chi connectivity index (χ1v) is 7.73. The van der Waals surface area contributed by atoms with E-state index in [9.17, 15) is 9.59 Å². The lowest BCUT2D eigenvalue weighted by atomic mass is 10.1. The molecule has 0 unspecified atom stereocenters. The summed E-state index contributed by atoms with van der Waals surface area (Å²) in [6, 6.07) is 6.74. The van der Waals surface area contributed by atoms with Crippen LogP contribution in [0.15, 0.2) is 29.1 Å². The third kappa shape index (κ3) is 4.56. The van der Waals surface area contributed by atoms with Crippen LogP contribution in [0.5, 0.6) is 5.75 Å². The summed E-state index contributed by atoms with van der Waals surface area (Å²) in [6.07, 6.45) is 3.18. The van der Waals surface area contributed by atoms with E-state index in [0.717, 1.165) is 19.3 Å². The molecule has 124 valence electrons. The van der Waals surface area contributed by atoms with Crippen molar-refractivity contribution in [1.82, 2.24) is 9.97 Å². The minimum Gasteiger partial charge on any atom is -0.497 e. The van der Waals surface area contributed by atoms with Gasteiger partial charge in [0.25, 0.3) is 0 Å². The van der Waals surface area contributed by atoms with Gasteiger partial charge in [0.1, 0.15) is 11.4 Å². The van der Waals surface area contributed by atoms with E-state index in [4.69, 9.17) is 9.47 Å². The molecule has 0 atom stereocenters. The van der Waals surface area contributed by atoms with Gasteiger partial charge in [0, 0.05) is 12.2 Å². The number of unbranched alkanes of at least 4 members (excludes halogenated alkanes) is 2. The molecule has 6 nitrogen and oxygen atoms in total. The van der Waals surface area contributed by atoms with Crippen LogP contribution < -0.4 is 10.4 Å². The summed E-state index contributed by atoms with van der Waals surface area (Å²) in [5, 5.41) is 0. The Labute approximate surface area is 134 Å². The molecular formula is C17H22N2O4. The Bertz CT molecular complexity index is 685. The molecule has 23 heavy (non-hydrogen) atoms. The van der Waals surface area contributed by atoms with Gasteiger partial charge in [0.05, 0.1) is 19.4 Å². The molecule has 0 aliphatic heterocycles. The van der Waals surface area contributed by atoms with E-state index in [2.05, 4.69) is 16.9 Å². The van der Waals surface area contributed by atoms with Gasteiger partial charge in [-0.1, -0.05) is 19.8 Å². The van der Waals surface area contributed by atoms with Crippen molar-refractivity contribution < 1.29 is 14.3 Å². The molecule has 0 fully saturated rings. The third-order valence-electron chi connectivity index (χ3n) is 3.52. The fourth-order valence-electron chi connectivity index (χ4n) is 2.24. The average Bonchev–Trinajstić information content (AvgIpc) is 2.95. The maximum absolute atomic E-state index is 12.5. The number of aromatic nitrogens is 2. The molecule has 2 aromatic rings. The zero-order valence-corrected chi connectivity index (χ0v) is 13.5. The highest BCUT2D eigenvalue weighted by Crippen LogP contribution is 2.15. The number of hydrogen-bond donors (Lipinski definition) is 2. The molecule has 0 aliphatic carbocycles. The average molecular weight is 318 g/mol. The second-order valence-electron chi connectivity index (χ2n) is 5.25. The summed E-state index contributed by atoms with van der Waals surface area (Å²) in [4.78, 5) is 29.3. The highest BCUT2D eigenvalue weighted by molar-refractivity contribution is 6.08. The quantitative estimate of drug-likeness (QED) is 0.550. The molecule has 0 saturated carbocycles. The van der Waals surface area contributed by atoms with E-state index >= 15 is 0 Å². The van der Waals surface area contributed by atoms with Crippen LogP contribution in [0.1, 0.15) is 47.9 Å². The van der Waals surface area contributed by atoms with Gasteiger partial charge in [-0.3, -0.25) is 4.79 Å². The summed E-state index contributed by atoms with van der Waals surface area (Å²) >= 11 is 0. The lowest BCUT2D eigenvalue weighted by Crippen LogP contribution is -2.08. The van der Waals surface area contributed by atoms with Crippen LogP contribution in [0, 0.1) is 0 Å². The summed E-state index contributed by atoms with van der Waals surface area (Å²) in [5.41, 5.74) is 0.797. The zero-order valence-electron chi connectivity index (χ0n) is 13.5. The molecular weight excluding hydrogens is 296 g/mol. The van der Waals surface area contributed by atoms with Crippen molar-refractivity contribution in [3.8, 4) is 5.75 Å². The van der Waals surface area contributed by atoms with Crippen LogP contribution in [0.3, 0.4) is 0 Å². The number of methoxy groups -OCH3 is 1. The van der Waals surface area contributed by atoms with Gasteiger partial charge in [0.2, 0.25) is 5.78 Å². The van der Waals surface area contributed by atoms with Crippen LogP contribution in [0.4, 0.5) is 0 Å². The minimum atomic E-state index is -0.408. The summed E-state index contributed by atoms with van der Waals surface area (Å²) in [6.45, 7) is 2.94. The van der Waals surface area contributed by atoms with Crippen LogP contribution >= 0.6 is 0 Å². The lowest BCUT2D eigenvalue weighted by Gasteiger charge is -2.05. The van der Waals surface area contributed by atoms with Gasteiger partial charge in [-0.15, -0.1) is 0 Å². The number of ether oxygens (including phenoxy) is 2. The number of aromatic amines is 2. The molecule has 1 aromatic carbocycles. The minimum absolute atomic E-state index is 0.208. The Kier molecular flexibility index (Phi) is 6.17. The van der Waals surface area contributed by atoms with Crippen molar-refractivity contribution in [2.45, 2.75) is 32.8 Å². The number of nitrogens with one attached hydrogen (secondary N) is 2. The van der Waals surface area contributed by atoms with Crippen molar-refractivity contribution in [1.29, 1.82) is 0 Å². The predicted octanol–water partition coefficient (Wildman–Crippen LogP) is 2.65. The molecule has 2 rings (SSSR count). The molecule has 0 aliphatic rings. The van der Waals surface area contributed by atoms with Crippen LogP contribution in [0.25, 0.3) is 0 Å². The van der Waals surface area contributed by atoms with Crippen LogP contribution in [-0.2, 0) is 11.3 Å². The Morgan fingerprint density at radius 2 is 1.87 bits per heavy atom. The molecule has 0 bridgehead atoms. The smallest absolute Gasteiger partial charge is 0.323 e. The summed E-state index contributed by atoms with van der Waals surface area (Å²) < 4.78 is 10.6. The van der Waals surface area contributed by atoms with Gasteiger partial charge in [-0.25, -0.2) is 4.79 Å². The molecule has 0 amide bonds.